The number of fused-ring (bicyclic) bond motifs is 1. The van der Waals surface area contributed by atoms with Crippen molar-refractivity contribution in [3.63, 3.8) is 0 Å². The molecule has 3 aromatic carbocycles. The highest BCUT2D eigenvalue weighted by Crippen LogP contribution is 2.36. The molecule has 1 fully saturated rings. The standard InChI is InChI=1S/C22H16FNO3S/c1-27-19-11-8-15(17-4-2-3-5-18(17)19)12-20-21(25)24(22(26)28-20)13-14-6-9-16(23)10-7-14/h2-12H,13H2,1H3. The van der Waals surface area contributed by atoms with Gasteiger partial charge in [0.1, 0.15) is 11.6 Å². The van der Waals surface area contributed by atoms with E-state index in [1.54, 1.807) is 25.3 Å². The SMILES string of the molecule is COc1ccc(C=C2SC(=O)N(Cc3ccc(F)cc3)C2=O)c2ccccc12. The minimum Gasteiger partial charge on any atom is -0.496 e. The van der Waals surface area contributed by atoms with Gasteiger partial charge in [-0.25, -0.2) is 4.39 Å². The van der Waals surface area contributed by atoms with Crippen LogP contribution in [0.2, 0.25) is 0 Å². The summed E-state index contributed by atoms with van der Waals surface area (Å²) in [7, 11) is 1.61. The third-order valence-corrected chi connectivity index (χ3v) is 5.46. The first kappa shape index (κ1) is 18.3. The van der Waals surface area contributed by atoms with Gasteiger partial charge in [-0.1, -0.05) is 42.5 Å². The van der Waals surface area contributed by atoms with Gasteiger partial charge in [-0.2, -0.15) is 0 Å². The zero-order chi connectivity index (χ0) is 19.7. The van der Waals surface area contributed by atoms with E-state index < -0.39 is 0 Å². The molecular weight excluding hydrogens is 377 g/mol. The molecule has 2 amide bonds. The predicted octanol–water partition coefficient (Wildman–Crippen LogP) is 5.22. The van der Waals surface area contributed by atoms with Crippen LogP contribution >= 0.6 is 11.8 Å². The number of halogens is 1. The molecule has 0 N–H and O–H groups in total. The first-order chi connectivity index (χ1) is 13.6. The topological polar surface area (TPSA) is 46.6 Å². The Morgan fingerprint density at radius 3 is 2.43 bits per heavy atom. The second-order valence-electron chi connectivity index (χ2n) is 6.30. The van der Waals surface area contributed by atoms with Crippen molar-refractivity contribution in [3.05, 3.63) is 82.5 Å². The van der Waals surface area contributed by atoms with E-state index in [2.05, 4.69) is 0 Å². The maximum Gasteiger partial charge on any atom is 0.293 e. The molecule has 28 heavy (non-hydrogen) atoms. The highest BCUT2D eigenvalue weighted by Gasteiger charge is 2.35. The van der Waals surface area contributed by atoms with Crippen molar-refractivity contribution in [1.29, 1.82) is 0 Å². The van der Waals surface area contributed by atoms with Crippen LogP contribution in [-0.2, 0) is 11.3 Å². The summed E-state index contributed by atoms with van der Waals surface area (Å²) in [6.07, 6.45) is 1.73. The lowest BCUT2D eigenvalue weighted by Crippen LogP contribution is -2.27. The maximum atomic E-state index is 13.1. The molecule has 6 heteroatoms. The number of methoxy groups -OCH3 is 1. The van der Waals surface area contributed by atoms with Crippen molar-refractivity contribution in [1.82, 2.24) is 4.90 Å². The average molecular weight is 393 g/mol. The van der Waals surface area contributed by atoms with E-state index in [-0.39, 0.29) is 23.5 Å². The Hall–Kier alpha value is -3.12. The van der Waals surface area contributed by atoms with Gasteiger partial charge in [-0.05, 0) is 52.6 Å². The van der Waals surface area contributed by atoms with Gasteiger partial charge in [0.2, 0.25) is 0 Å². The molecule has 0 unspecified atom stereocenters. The van der Waals surface area contributed by atoms with Crippen LogP contribution in [0.5, 0.6) is 5.75 Å². The summed E-state index contributed by atoms with van der Waals surface area (Å²) in [4.78, 5) is 26.7. The zero-order valence-electron chi connectivity index (χ0n) is 15.0. The third-order valence-electron chi connectivity index (χ3n) is 4.55. The Morgan fingerprint density at radius 1 is 1.00 bits per heavy atom. The number of imide groups is 1. The number of rotatable bonds is 4. The summed E-state index contributed by atoms with van der Waals surface area (Å²) >= 11 is 0.911. The molecular formula is C22H16FNO3S. The number of hydrogen-bond acceptors (Lipinski definition) is 4. The van der Waals surface area contributed by atoms with Gasteiger partial charge in [0, 0.05) is 5.39 Å². The van der Waals surface area contributed by atoms with Crippen LogP contribution in [0.15, 0.2) is 65.6 Å². The number of thioether (sulfide) groups is 1. The van der Waals surface area contributed by atoms with Crippen LogP contribution < -0.4 is 4.74 Å². The van der Waals surface area contributed by atoms with E-state index in [1.165, 1.54) is 17.0 Å². The van der Waals surface area contributed by atoms with E-state index in [0.29, 0.717) is 10.5 Å². The summed E-state index contributed by atoms with van der Waals surface area (Å²) in [5.41, 5.74) is 1.53. The molecule has 1 heterocycles. The number of carbonyl (C=O) groups is 2. The minimum absolute atomic E-state index is 0.117. The van der Waals surface area contributed by atoms with Crippen molar-refractivity contribution >= 4 is 39.8 Å². The molecule has 4 rings (SSSR count). The molecule has 1 aliphatic rings. The number of nitrogens with zero attached hydrogens (tertiary/aromatic N) is 1. The molecule has 0 atom stereocenters. The lowest BCUT2D eigenvalue weighted by atomic mass is 10.0. The molecule has 3 aromatic rings. The molecule has 0 spiro atoms. The Morgan fingerprint density at radius 2 is 1.71 bits per heavy atom. The first-order valence-corrected chi connectivity index (χ1v) is 9.44. The van der Waals surface area contributed by atoms with E-state index in [4.69, 9.17) is 4.74 Å². The smallest absolute Gasteiger partial charge is 0.293 e. The summed E-state index contributed by atoms with van der Waals surface area (Å²) in [5.74, 6) is 0.0422. The van der Waals surface area contributed by atoms with Gasteiger partial charge in [0.25, 0.3) is 11.1 Å². The van der Waals surface area contributed by atoms with Gasteiger partial charge < -0.3 is 4.74 Å². The molecule has 0 aromatic heterocycles. The van der Waals surface area contributed by atoms with Crippen molar-refractivity contribution in [2.45, 2.75) is 6.54 Å². The van der Waals surface area contributed by atoms with Crippen LogP contribution in [0.1, 0.15) is 11.1 Å². The van der Waals surface area contributed by atoms with Gasteiger partial charge >= 0.3 is 0 Å². The van der Waals surface area contributed by atoms with Crippen molar-refractivity contribution in [2.24, 2.45) is 0 Å². The number of carbonyl (C=O) groups excluding carboxylic acids is 2. The molecule has 0 aliphatic carbocycles. The number of hydrogen-bond donors (Lipinski definition) is 0. The quantitative estimate of drug-likeness (QED) is 0.570. The van der Waals surface area contributed by atoms with Crippen LogP contribution in [-0.4, -0.2) is 23.2 Å². The van der Waals surface area contributed by atoms with Crippen molar-refractivity contribution < 1.29 is 18.7 Å². The van der Waals surface area contributed by atoms with Crippen LogP contribution in [0, 0.1) is 5.82 Å². The molecule has 140 valence electrons. The molecule has 4 nitrogen and oxygen atoms in total. The normalized spacial score (nSPS) is 15.6. The number of amides is 2. The summed E-state index contributed by atoms with van der Waals surface area (Å²) in [6, 6.07) is 17.2. The second kappa shape index (κ2) is 7.48. The van der Waals surface area contributed by atoms with E-state index in [9.17, 15) is 14.0 Å². The number of ether oxygens (including phenoxy) is 1. The van der Waals surface area contributed by atoms with Crippen LogP contribution in [0.25, 0.3) is 16.8 Å². The maximum absolute atomic E-state index is 13.1. The van der Waals surface area contributed by atoms with Gasteiger partial charge in [-0.3, -0.25) is 14.5 Å². The predicted molar refractivity (Wildman–Crippen MR) is 108 cm³/mol. The Balaban J connectivity index is 1.66. The van der Waals surface area contributed by atoms with Gasteiger partial charge in [0.05, 0.1) is 18.6 Å². The lowest BCUT2D eigenvalue weighted by molar-refractivity contribution is -0.123. The molecule has 0 saturated carbocycles. The summed E-state index contributed by atoms with van der Waals surface area (Å²) in [5, 5.41) is 1.54. The third kappa shape index (κ3) is 3.39. The highest BCUT2D eigenvalue weighted by atomic mass is 32.2. The minimum atomic E-state index is -0.357. The molecule has 0 bridgehead atoms. The Bertz CT molecular complexity index is 1110. The molecule has 1 saturated heterocycles. The fourth-order valence-electron chi connectivity index (χ4n) is 3.15. The number of benzene rings is 3. The van der Waals surface area contributed by atoms with Crippen molar-refractivity contribution in [3.8, 4) is 5.75 Å². The van der Waals surface area contributed by atoms with Gasteiger partial charge in [-0.15, -0.1) is 0 Å². The summed E-state index contributed by atoms with van der Waals surface area (Å²) in [6.45, 7) is 0.117. The van der Waals surface area contributed by atoms with E-state index >= 15 is 0 Å². The van der Waals surface area contributed by atoms with Crippen molar-refractivity contribution in [2.75, 3.05) is 7.11 Å². The fourth-order valence-corrected chi connectivity index (χ4v) is 3.98. The van der Waals surface area contributed by atoms with Gasteiger partial charge in [0.15, 0.2) is 0 Å². The molecule has 0 radical (unpaired) electrons. The summed E-state index contributed by atoms with van der Waals surface area (Å²) < 4.78 is 18.5. The Labute approximate surface area is 165 Å². The largest absolute Gasteiger partial charge is 0.496 e. The average Bonchev–Trinajstić information content (AvgIpc) is 2.97. The Kier molecular flexibility index (Phi) is 4.88. The highest BCUT2D eigenvalue weighted by molar-refractivity contribution is 8.18. The lowest BCUT2D eigenvalue weighted by Gasteiger charge is -2.12. The van der Waals surface area contributed by atoms with Crippen LogP contribution in [0.4, 0.5) is 9.18 Å². The second-order valence-corrected chi connectivity index (χ2v) is 7.29. The fraction of sp³-hybridized carbons (Fsp3) is 0.0909. The monoisotopic (exact) mass is 393 g/mol. The first-order valence-electron chi connectivity index (χ1n) is 8.62. The van der Waals surface area contributed by atoms with E-state index in [1.807, 2.05) is 36.4 Å². The van der Waals surface area contributed by atoms with Crippen LogP contribution in [0.3, 0.4) is 0 Å². The zero-order valence-corrected chi connectivity index (χ0v) is 15.8. The van der Waals surface area contributed by atoms with E-state index in [0.717, 1.165) is 33.8 Å². The molecule has 1 aliphatic heterocycles.